The first-order chi connectivity index (χ1) is 14.8. The van der Waals surface area contributed by atoms with Gasteiger partial charge in [-0.15, -0.1) is 0 Å². The number of rotatable bonds is 9. The highest BCUT2D eigenvalue weighted by atomic mass is 32.2. The highest BCUT2D eigenvalue weighted by Gasteiger charge is 2.22. The molecule has 1 aliphatic carbocycles. The number of aromatic nitrogens is 1. The van der Waals surface area contributed by atoms with Gasteiger partial charge in [-0.25, -0.2) is 13.4 Å². The van der Waals surface area contributed by atoms with Crippen molar-refractivity contribution < 1.29 is 13.2 Å². The minimum atomic E-state index is -3.52. The number of nitrogens with one attached hydrogen (secondary N) is 1. The van der Waals surface area contributed by atoms with Crippen LogP contribution in [0.3, 0.4) is 0 Å². The Bertz CT molecular complexity index is 1000. The maximum absolute atomic E-state index is 12.5. The fourth-order valence-corrected chi connectivity index (χ4v) is 5.90. The second-order valence-corrected chi connectivity index (χ2v) is 10.7. The normalized spacial score (nSPS) is 14.8. The molecule has 3 rings (SSSR count). The van der Waals surface area contributed by atoms with Gasteiger partial charge in [0.15, 0.2) is 0 Å². The zero-order chi connectivity index (χ0) is 22.4. The molecule has 1 N–H and O–H groups in total. The Morgan fingerprint density at radius 2 is 1.84 bits per heavy atom. The molecule has 8 heteroatoms. The van der Waals surface area contributed by atoms with Crippen LogP contribution in [-0.2, 0) is 27.7 Å². The first kappa shape index (κ1) is 23.8. The van der Waals surface area contributed by atoms with Gasteiger partial charge in [0.1, 0.15) is 4.90 Å². The van der Waals surface area contributed by atoms with Crippen molar-refractivity contribution in [2.45, 2.75) is 62.4 Å². The van der Waals surface area contributed by atoms with Crippen LogP contribution >= 0.6 is 11.8 Å². The van der Waals surface area contributed by atoms with Gasteiger partial charge in [0.05, 0.1) is 16.8 Å². The molecule has 1 aliphatic rings. The summed E-state index contributed by atoms with van der Waals surface area (Å²) in [6, 6.07) is 9.67. The van der Waals surface area contributed by atoms with Gasteiger partial charge in [0.2, 0.25) is 15.9 Å². The van der Waals surface area contributed by atoms with E-state index in [2.05, 4.69) is 28.5 Å². The number of pyridine rings is 1. The Morgan fingerprint density at radius 3 is 2.48 bits per heavy atom. The van der Waals surface area contributed by atoms with Crippen molar-refractivity contribution in [3.63, 3.8) is 0 Å². The lowest BCUT2D eigenvalue weighted by atomic mass is 9.89. The number of thioether (sulfide) groups is 1. The number of fused-ring (bicyclic) bond motifs is 1. The minimum Gasteiger partial charge on any atom is -0.349 e. The van der Waals surface area contributed by atoms with Crippen LogP contribution in [0.15, 0.2) is 46.5 Å². The van der Waals surface area contributed by atoms with Gasteiger partial charge in [-0.05, 0) is 61.4 Å². The van der Waals surface area contributed by atoms with Crippen molar-refractivity contribution in [2.24, 2.45) is 0 Å². The number of carbonyl (C=O) groups is 1. The smallest absolute Gasteiger partial charge is 0.244 e. The summed E-state index contributed by atoms with van der Waals surface area (Å²) in [5, 5.41) is 3.67. The highest BCUT2D eigenvalue weighted by molar-refractivity contribution is 7.99. The molecule has 1 unspecified atom stereocenters. The maximum Gasteiger partial charge on any atom is 0.244 e. The van der Waals surface area contributed by atoms with E-state index in [9.17, 15) is 13.2 Å². The van der Waals surface area contributed by atoms with Gasteiger partial charge in [-0.3, -0.25) is 4.79 Å². The summed E-state index contributed by atoms with van der Waals surface area (Å²) in [5.41, 5.74) is 3.97. The van der Waals surface area contributed by atoms with Crippen molar-refractivity contribution in [3.8, 4) is 0 Å². The Hall–Kier alpha value is -1.90. The fraction of sp³-hybridized carbons (Fsp3) is 0.478. The van der Waals surface area contributed by atoms with Crippen LogP contribution in [0.4, 0.5) is 0 Å². The van der Waals surface area contributed by atoms with Crippen LogP contribution in [0.1, 0.15) is 56.3 Å². The molecular weight excluding hydrogens is 430 g/mol. The van der Waals surface area contributed by atoms with Gasteiger partial charge in [0.25, 0.3) is 0 Å². The third-order valence-corrected chi connectivity index (χ3v) is 8.63. The molecule has 0 saturated carbocycles. The van der Waals surface area contributed by atoms with E-state index in [1.807, 2.05) is 20.8 Å². The first-order valence-corrected chi connectivity index (χ1v) is 13.3. The summed E-state index contributed by atoms with van der Waals surface area (Å²) in [5.74, 6) is 0.154. The van der Waals surface area contributed by atoms with Crippen molar-refractivity contribution in [3.05, 3.63) is 53.2 Å². The SMILES string of the molecule is CCN(CC)S(=O)(=O)c1ccc(SCC(=O)NC(C)c2ccc3c(c2)CCCC3)nc1. The van der Waals surface area contributed by atoms with E-state index < -0.39 is 10.0 Å². The fourth-order valence-electron chi connectivity index (χ4n) is 3.85. The number of nitrogens with zero attached hydrogens (tertiary/aromatic N) is 2. The van der Waals surface area contributed by atoms with Crippen LogP contribution in [0, 0.1) is 0 Å². The van der Waals surface area contributed by atoms with E-state index in [4.69, 9.17) is 0 Å². The Balaban J connectivity index is 1.55. The Labute approximate surface area is 189 Å². The topological polar surface area (TPSA) is 79.4 Å². The summed E-state index contributed by atoms with van der Waals surface area (Å²) >= 11 is 1.30. The summed E-state index contributed by atoms with van der Waals surface area (Å²) in [6.07, 6.45) is 6.12. The molecule has 1 heterocycles. The van der Waals surface area contributed by atoms with E-state index in [-0.39, 0.29) is 22.6 Å². The predicted molar refractivity (Wildman–Crippen MR) is 125 cm³/mol. The molecule has 0 bridgehead atoms. The second-order valence-electron chi connectivity index (χ2n) is 7.73. The van der Waals surface area contributed by atoms with E-state index in [0.717, 1.165) is 18.4 Å². The molecule has 31 heavy (non-hydrogen) atoms. The molecular formula is C23H31N3O3S2. The monoisotopic (exact) mass is 461 g/mol. The van der Waals surface area contributed by atoms with E-state index in [0.29, 0.717) is 18.1 Å². The van der Waals surface area contributed by atoms with E-state index in [1.165, 1.54) is 46.2 Å². The molecule has 2 aromatic rings. The average molecular weight is 462 g/mol. The second kappa shape index (κ2) is 10.6. The molecule has 6 nitrogen and oxygen atoms in total. The van der Waals surface area contributed by atoms with Gasteiger partial charge in [-0.1, -0.05) is 43.8 Å². The van der Waals surface area contributed by atoms with E-state index >= 15 is 0 Å². The number of hydrogen-bond donors (Lipinski definition) is 1. The lowest BCUT2D eigenvalue weighted by molar-refractivity contribution is -0.119. The molecule has 1 aromatic heterocycles. The molecule has 168 valence electrons. The summed E-state index contributed by atoms with van der Waals surface area (Å²) in [7, 11) is -3.52. The Kier molecular flexibility index (Phi) is 8.13. The number of benzene rings is 1. The predicted octanol–water partition coefficient (Wildman–Crippen LogP) is 3.96. The lowest BCUT2D eigenvalue weighted by Gasteiger charge is -2.20. The van der Waals surface area contributed by atoms with Crippen molar-refractivity contribution in [1.82, 2.24) is 14.6 Å². The third-order valence-electron chi connectivity index (χ3n) is 5.65. The van der Waals surface area contributed by atoms with Crippen LogP contribution in [0.2, 0.25) is 0 Å². The summed E-state index contributed by atoms with van der Waals surface area (Å²) < 4.78 is 26.5. The van der Waals surface area contributed by atoms with Crippen LogP contribution in [0.5, 0.6) is 0 Å². The molecule has 0 aliphatic heterocycles. The number of amides is 1. The molecule has 1 aromatic carbocycles. The third kappa shape index (κ3) is 5.87. The summed E-state index contributed by atoms with van der Waals surface area (Å²) in [6.45, 7) is 6.44. The van der Waals surface area contributed by atoms with Crippen molar-refractivity contribution in [2.75, 3.05) is 18.8 Å². The highest BCUT2D eigenvalue weighted by Crippen LogP contribution is 2.25. The molecule has 0 spiro atoms. The maximum atomic E-state index is 12.5. The Morgan fingerprint density at radius 1 is 1.13 bits per heavy atom. The van der Waals surface area contributed by atoms with Gasteiger partial charge in [-0.2, -0.15) is 4.31 Å². The number of aryl methyl sites for hydroxylation is 2. The molecule has 0 fully saturated rings. The van der Waals surface area contributed by atoms with Crippen LogP contribution in [-0.4, -0.2) is 42.5 Å². The zero-order valence-electron chi connectivity index (χ0n) is 18.4. The quantitative estimate of drug-likeness (QED) is 0.572. The van der Waals surface area contributed by atoms with Gasteiger partial charge >= 0.3 is 0 Å². The van der Waals surface area contributed by atoms with Gasteiger partial charge in [0, 0.05) is 19.3 Å². The number of sulfonamides is 1. The van der Waals surface area contributed by atoms with Crippen LogP contribution < -0.4 is 5.32 Å². The van der Waals surface area contributed by atoms with Crippen molar-refractivity contribution >= 4 is 27.7 Å². The molecule has 0 radical (unpaired) electrons. The van der Waals surface area contributed by atoms with Gasteiger partial charge < -0.3 is 5.32 Å². The minimum absolute atomic E-state index is 0.0603. The van der Waals surface area contributed by atoms with E-state index in [1.54, 1.807) is 12.1 Å². The summed E-state index contributed by atoms with van der Waals surface area (Å²) in [4.78, 5) is 16.8. The lowest BCUT2D eigenvalue weighted by Crippen LogP contribution is -2.30. The number of carbonyl (C=O) groups excluding carboxylic acids is 1. The first-order valence-electron chi connectivity index (χ1n) is 10.8. The van der Waals surface area contributed by atoms with Crippen LogP contribution in [0.25, 0.3) is 0 Å². The largest absolute Gasteiger partial charge is 0.349 e. The zero-order valence-corrected chi connectivity index (χ0v) is 20.1. The van der Waals surface area contributed by atoms with Crippen molar-refractivity contribution in [1.29, 1.82) is 0 Å². The standard InChI is InChI=1S/C23H31N3O3S2/c1-4-26(5-2)31(28,29)21-12-13-23(24-15-21)30-16-22(27)25-17(3)19-11-10-18-8-6-7-9-20(18)14-19/h10-15,17H,4-9,16H2,1-3H3,(H,25,27). The molecule has 1 amide bonds. The molecule has 1 atom stereocenters. The molecule has 0 saturated heterocycles. The average Bonchev–Trinajstić information content (AvgIpc) is 2.78. The number of hydrogen-bond acceptors (Lipinski definition) is 5.